The minimum absolute atomic E-state index is 0.0689. The van der Waals surface area contributed by atoms with E-state index in [2.05, 4.69) is 49.0 Å². The van der Waals surface area contributed by atoms with Crippen LogP contribution >= 0.6 is 0 Å². The van der Waals surface area contributed by atoms with E-state index >= 15 is 0 Å². The predicted molar refractivity (Wildman–Crippen MR) is 97.2 cm³/mol. The Kier molecular flexibility index (Phi) is 3.93. The molecule has 0 atom stereocenters. The Bertz CT molecular complexity index is 836. The molecular weight excluding hydrogens is 302 g/mol. The number of non-ortho nitro benzene ring substituents is 1. The van der Waals surface area contributed by atoms with Gasteiger partial charge >= 0.3 is 0 Å². The van der Waals surface area contributed by atoms with Crippen molar-refractivity contribution >= 4 is 23.3 Å². The molecule has 24 heavy (non-hydrogen) atoms. The first kappa shape index (κ1) is 15.9. The van der Waals surface area contributed by atoms with Gasteiger partial charge in [0.25, 0.3) is 5.69 Å². The standard InChI is InChI=1S/C19H19N3O2/c1-19(2)16-6-4-5-7-17(16)21(3)18(19)12-13-20-14-8-10-15(11-9-14)22(23)24/h4-13H,1-3H3/b18-12+,20-13?. The first-order valence-corrected chi connectivity index (χ1v) is 7.74. The molecule has 0 radical (unpaired) electrons. The molecule has 122 valence electrons. The van der Waals surface area contributed by atoms with E-state index in [-0.39, 0.29) is 11.1 Å². The summed E-state index contributed by atoms with van der Waals surface area (Å²) in [5, 5.41) is 10.7. The lowest BCUT2D eigenvalue weighted by molar-refractivity contribution is -0.384. The maximum atomic E-state index is 10.7. The molecule has 0 unspecified atom stereocenters. The van der Waals surface area contributed by atoms with Crippen LogP contribution in [-0.2, 0) is 5.41 Å². The third kappa shape index (κ3) is 2.69. The van der Waals surface area contributed by atoms with E-state index in [0.717, 1.165) is 5.70 Å². The number of para-hydroxylation sites is 1. The zero-order valence-corrected chi connectivity index (χ0v) is 13.9. The van der Waals surface area contributed by atoms with Crippen LogP contribution in [0.1, 0.15) is 19.4 Å². The highest BCUT2D eigenvalue weighted by molar-refractivity contribution is 5.80. The van der Waals surface area contributed by atoms with Gasteiger partial charge in [-0.05, 0) is 29.8 Å². The fourth-order valence-electron chi connectivity index (χ4n) is 3.16. The molecule has 1 aliphatic rings. The average molecular weight is 321 g/mol. The molecule has 0 aliphatic carbocycles. The Balaban J connectivity index is 1.86. The van der Waals surface area contributed by atoms with Crippen molar-refractivity contribution in [2.45, 2.75) is 19.3 Å². The molecule has 0 N–H and O–H groups in total. The van der Waals surface area contributed by atoms with Crippen molar-refractivity contribution in [2.24, 2.45) is 4.99 Å². The lowest BCUT2D eigenvalue weighted by atomic mass is 9.84. The van der Waals surface area contributed by atoms with Crippen molar-refractivity contribution in [1.82, 2.24) is 0 Å². The number of anilines is 1. The van der Waals surface area contributed by atoms with E-state index in [1.54, 1.807) is 18.3 Å². The maximum absolute atomic E-state index is 10.7. The molecule has 0 aromatic heterocycles. The smallest absolute Gasteiger partial charge is 0.269 e. The molecular formula is C19H19N3O2. The zero-order chi connectivity index (χ0) is 17.3. The fourth-order valence-corrected chi connectivity index (χ4v) is 3.16. The maximum Gasteiger partial charge on any atom is 0.269 e. The molecule has 3 rings (SSSR count). The molecule has 2 aromatic carbocycles. The quantitative estimate of drug-likeness (QED) is 0.471. The number of hydrogen-bond donors (Lipinski definition) is 0. The fraction of sp³-hybridized carbons (Fsp3) is 0.211. The van der Waals surface area contributed by atoms with Gasteiger partial charge in [-0.15, -0.1) is 0 Å². The topological polar surface area (TPSA) is 58.7 Å². The van der Waals surface area contributed by atoms with E-state index < -0.39 is 4.92 Å². The number of fused-ring (bicyclic) bond motifs is 1. The minimum atomic E-state index is -0.414. The highest BCUT2D eigenvalue weighted by Crippen LogP contribution is 2.46. The number of nitrogens with zero attached hydrogens (tertiary/aromatic N) is 3. The number of nitro groups is 1. The van der Waals surface area contributed by atoms with E-state index in [9.17, 15) is 10.1 Å². The van der Waals surface area contributed by atoms with Gasteiger partial charge in [-0.3, -0.25) is 15.1 Å². The van der Waals surface area contributed by atoms with Gasteiger partial charge in [0.15, 0.2) is 0 Å². The van der Waals surface area contributed by atoms with Gasteiger partial charge in [0.05, 0.1) is 10.6 Å². The Labute approximate surface area is 141 Å². The number of allylic oxidation sites excluding steroid dienone is 2. The SMILES string of the molecule is CN1/C(=C/C=Nc2ccc([N+](=O)[O-])cc2)C(C)(C)c2ccccc21. The lowest BCUT2D eigenvalue weighted by Gasteiger charge is -2.23. The zero-order valence-electron chi connectivity index (χ0n) is 13.9. The number of benzene rings is 2. The van der Waals surface area contributed by atoms with Crippen LogP contribution in [0.25, 0.3) is 0 Å². The number of likely N-dealkylation sites (N-methyl/N-ethyl adjacent to an activating group) is 1. The van der Waals surface area contributed by atoms with Crippen molar-refractivity contribution < 1.29 is 4.92 Å². The highest BCUT2D eigenvalue weighted by Gasteiger charge is 2.37. The second-order valence-corrected chi connectivity index (χ2v) is 6.30. The monoisotopic (exact) mass is 321 g/mol. The van der Waals surface area contributed by atoms with E-state index in [1.807, 2.05) is 12.1 Å². The predicted octanol–water partition coefficient (Wildman–Crippen LogP) is 4.61. The van der Waals surface area contributed by atoms with Gasteiger partial charge in [0, 0.05) is 42.2 Å². The second kappa shape index (κ2) is 5.92. The Hall–Kier alpha value is -2.95. The lowest BCUT2D eigenvalue weighted by Crippen LogP contribution is -2.22. The highest BCUT2D eigenvalue weighted by atomic mass is 16.6. The Morgan fingerprint density at radius 1 is 1.12 bits per heavy atom. The summed E-state index contributed by atoms with van der Waals surface area (Å²) < 4.78 is 0. The number of rotatable bonds is 3. The van der Waals surface area contributed by atoms with Crippen molar-refractivity contribution in [2.75, 3.05) is 11.9 Å². The summed E-state index contributed by atoms with van der Waals surface area (Å²) in [5.41, 5.74) is 4.33. The summed E-state index contributed by atoms with van der Waals surface area (Å²) in [4.78, 5) is 16.8. The second-order valence-electron chi connectivity index (χ2n) is 6.30. The van der Waals surface area contributed by atoms with Crippen LogP contribution in [0.15, 0.2) is 65.3 Å². The molecule has 0 amide bonds. The number of aliphatic imine (C=N–C) groups is 1. The largest absolute Gasteiger partial charge is 0.347 e. The summed E-state index contributed by atoms with van der Waals surface area (Å²) in [6, 6.07) is 14.6. The summed E-state index contributed by atoms with van der Waals surface area (Å²) in [7, 11) is 2.05. The van der Waals surface area contributed by atoms with Gasteiger partial charge in [-0.2, -0.15) is 0 Å². The van der Waals surface area contributed by atoms with Crippen molar-refractivity contribution in [3.05, 3.63) is 76.0 Å². The average Bonchev–Trinajstić information content (AvgIpc) is 2.76. The van der Waals surface area contributed by atoms with Crippen LogP contribution in [0.4, 0.5) is 17.1 Å². The first-order chi connectivity index (χ1) is 11.4. The third-order valence-electron chi connectivity index (χ3n) is 4.46. The molecule has 0 saturated heterocycles. The molecule has 0 spiro atoms. The minimum Gasteiger partial charge on any atom is -0.347 e. The molecule has 0 bridgehead atoms. The van der Waals surface area contributed by atoms with Crippen LogP contribution < -0.4 is 4.90 Å². The van der Waals surface area contributed by atoms with E-state index in [1.165, 1.54) is 23.4 Å². The molecule has 5 heteroatoms. The summed E-state index contributed by atoms with van der Waals surface area (Å²) in [6.45, 7) is 4.39. The summed E-state index contributed by atoms with van der Waals surface area (Å²) in [6.07, 6.45) is 3.75. The Morgan fingerprint density at radius 3 is 2.42 bits per heavy atom. The van der Waals surface area contributed by atoms with Crippen molar-refractivity contribution in [3.63, 3.8) is 0 Å². The van der Waals surface area contributed by atoms with Crippen LogP contribution in [0.2, 0.25) is 0 Å². The van der Waals surface area contributed by atoms with Crippen LogP contribution in [0, 0.1) is 10.1 Å². The van der Waals surface area contributed by atoms with Gasteiger partial charge in [-0.25, -0.2) is 0 Å². The molecule has 1 aliphatic heterocycles. The van der Waals surface area contributed by atoms with Crippen molar-refractivity contribution in [1.29, 1.82) is 0 Å². The van der Waals surface area contributed by atoms with Crippen LogP contribution in [0.5, 0.6) is 0 Å². The first-order valence-electron chi connectivity index (χ1n) is 7.74. The summed E-state index contributed by atoms with van der Waals surface area (Å²) >= 11 is 0. The normalized spacial score (nSPS) is 17.5. The van der Waals surface area contributed by atoms with E-state index in [4.69, 9.17) is 0 Å². The van der Waals surface area contributed by atoms with Gasteiger partial charge < -0.3 is 4.90 Å². The van der Waals surface area contributed by atoms with Gasteiger partial charge in [-0.1, -0.05) is 32.0 Å². The molecule has 0 fully saturated rings. The number of hydrogen-bond acceptors (Lipinski definition) is 4. The Morgan fingerprint density at radius 2 is 1.79 bits per heavy atom. The van der Waals surface area contributed by atoms with Crippen molar-refractivity contribution in [3.8, 4) is 0 Å². The molecule has 0 saturated carbocycles. The van der Waals surface area contributed by atoms with Crippen LogP contribution in [-0.4, -0.2) is 18.2 Å². The number of nitro benzene ring substituents is 1. The molecule has 5 nitrogen and oxygen atoms in total. The molecule has 2 aromatic rings. The van der Waals surface area contributed by atoms with Gasteiger partial charge in [0.2, 0.25) is 0 Å². The molecule has 1 heterocycles. The summed E-state index contributed by atoms with van der Waals surface area (Å²) in [5.74, 6) is 0. The third-order valence-corrected chi connectivity index (χ3v) is 4.46. The van der Waals surface area contributed by atoms with Gasteiger partial charge in [0.1, 0.15) is 0 Å². The van der Waals surface area contributed by atoms with E-state index in [0.29, 0.717) is 5.69 Å². The van der Waals surface area contributed by atoms with Crippen LogP contribution in [0.3, 0.4) is 0 Å².